The number of rotatable bonds is 8. The fraction of sp³-hybridized carbons (Fsp3) is 0.643. The predicted octanol–water partition coefficient (Wildman–Crippen LogP) is 2.77. The second-order valence-electron chi connectivity index (χ2n) is 5.22. The van der Waals surface area contributed by atoms with Crippen LogP contribution in [-0.4, -0.2) is 27.3 Å². The summed E-state index contributed by atoms with van der Waals surface area (Å²) in [6.45, 7) is 2.02. The molecule has 1 fully saturated rings. The first kappa shape index (κ1) is 14.3. The van der Waals surface area contributed by atoms with Crippen LogP contribution in [0.3, 0.4) is 0 Å². The molecule has 19 heavy (non-hydrogen) atoms. The highest BCUT2D eigenvalue weighted by Crippen LogP contribution is 2.25. The summed E-state index contributed by atoms with van der Waals surface area (Å²) < 4.78 is 0. The molecule has 2 rings (SSSR count). The normalized spacial score (nSPS) is 17.7. The van der Waals surface area contributed by atoms with Crippen molar-refractivity contribution in [1.29, 1.82) is 5.26 Å². The van der Waals surface area contributed by atoms with E-state index in [9.17, 15) is 5.26 Å². The summed E-state index contributed by atoms with van der Waals surface area (Å²) in [7, 11) is 0. The molecule has 1 atom stereocenters. The van der Waals surface area contributed by atoms with Crippen molar-refractivity contribution in [3.8, 4) is 6.07 Å². The topological polar surface area (TPSA) is 61.6 Å². The first-order valence-electron chi connectivity index (χ1n) is 6.80. The third-order valence-electron chi connectivity index (χ3n) is 3.22. The number of nitrogens with one attached hydrogen (secondary N) is 1. The van der Waals surface area contributed by atoms with Gasteiger partial charge in [0.05, 0.1) is 11.1 Å². The largest absolute Gasteiger partial charge is 0.297 e. The minimum atomic E-state index is -0.346. The number of nitrogens with zero attached hydrogens (tertiary/aromatic N) is 3. The fourth-order valence-corrected chi connectivity index (χ4v) is 2.80. The molecule has 1 heterocycles. The van der Waals surface area contributed by atoms with Gasteiger partial charge < -0.3 is 0 Å². The summed E-state index contributed by atoms with van der Waals surface area (Å²) in [5.41, 5.74) is -0.346. The average molecular weight is 276 g/mol. The van der Waals surface area contributed by atoms with Crippen molar-refractivity contribution in [2.24, 2.45) is 0 Å². The van der Waals surface area contributed by atoms with Gasteiger partial charge in [-0.1, -0.05) is 0 Å². The van der Waals surface area contributed by atoms with Crippen molar-refractivity contribution in [1.82, 2.24) is 15.3 Å². The van der Waals surface area contributed by atoms with E-state index in [4.69, 9.17) is 0 Å². The Hall–Kier alpha value is -1.12. The number of unbranched alkanes of at least 4 members (excludes halogenated alkanes) is 1. The van der Waals surface area contributed by atoms with E-state index in [0.717, 1.165) is 30.0 Å². The lowest BCUT2D eigenvalue weighted by Gasteiger charge is -2.23. The first-order chi connectivity index (χ1) is 9.22. The minimum absolute atomic E-state index is 0.346. The number of hydrogen-bond donors (Lipinski definition) is 1. The van der Waals surface area contributed by atoms with Crippen molar-refractivity contribution in [3.05, 3.63) is 18.6 Å². The van der Waals surface area contributed by atoms with Crippen LogP contribution in [0.4, 0.5) is 0 Å². The van der Waals surface area contributed by atoms with Crippen LogP contribution >= 0.6 is 11.8 Å². The SMILES string of the molecule is CC(C#N)(CCCCSc1ccncn1)NC1CC1. The van der Waals surface area contributed by atoms with Crippen molar-refractivity contribution in [2.45, 2.75) is 55.6 Å². The molecule has 1 saturated carbocycles. The van der Waals surface area contributed by atoms with Crippen LogP contribution in [0.25, 0.3) is 0 Å². The quantitative estimate of drug-likeness (QED) is 0.449. The Morgan fingerprint density at radius 3 is 3.00 bits per heavy atom. The maximum Gasteiger partial charge on any atom is 0.116 e. The summed E-state index contributed by atoms with van der Waals surface area (Å²) >= 11 is 1.75. The lowest BCUT2D eigenvalue weighted by atomic mass is 9.96. The number of nitriles is 1. The van der Waals surface area contributed by atoms with Crippen LogP contribution in [0.15, 0.2) is 23.6 Å². The Bertz CT molecular complexity index is 427. The minimum Gasteiger partial charge on any atom is -0.297 e. The molecule has 0 saturated heterocycles. The molecular weight excluding hydrogens is 256 g/mol. The molecule has 0 spiro atoms. The van der Waals surface area contributed by atoms with Gasteiger partial charge in [-0.25, -0.2) is 9.97 Å². The van der Waals surface area contributed by atoms with E-state index in [-0.39, 0.29) is 5.54 Å². The molecule has 102 valence electrons. The standard InChI is InChI=1S/C14H20N4S/c1-14(10-15,18-12-4-5-12)7-2-3-9-19-13-6-8-16-11-17-13/h6,8,11-12,18H,2-5,7,9H2,1H3. The molecule has 1 aliphatic carbocycles. The summed E-state index contributed by atoms with van der Waals surface area (Å²) in [6.07, 6.45) is 8.89. The lowest BCUT2D eigenvalue weighted by molar-refractivity contribution is 0.402. The Labute approximate surface area is 119 Å². The van der Waals surface area contributed by atoms with Gasteiger partial charge in [-0.3, -0.25) is 5.32 Å². The second-order valence-corrected chi connectivity index (χ2v) is 6.33. The van der Waals surface area contributed by atoms with Gasteiger partial charge in [-0.15, -0.1) is 11.8 Å². The summed E-state index contributed by atoms with van der Waals surface area (Å²) in [5, 5.41) is 13.7. The molecule has 0 amide bonds. The average Bonchev–Trinajstić information content (AvgIpc) is 3.23. The Morgan fingerprint density at radius 1 is 1.53 bits per heavy atom. The van der Waals surface area contributed by atoms with E-state index < -0.39 is 0 Å². The zero-order valence-electron chi connectivity index (χ0n) is 11.3. The molecule has 1 aliphatic rings. The zero-order valence-corrected chi connectivity index (χ0v) is 12.1. The monoisotopic (exact) mass is 276 g/mol. The van der Waals surface area contributed by atoms with Gasteiger partial charge in [-0.05, 0) is 50.8 Å². The second kappa shape index (κ2) is 6.88. The summed E-state index contributed by atoms with van der Waals surface area (Å²) in [6, 6.07) is 4.93. The van der Waals surface area contributed by atoms with Crippen LogP contribution in [-0.2, 0) is 0 Å². The summed E-state index contributed by atoms with van der Waals surface area (Å²) in [4.78, 5) is 8.07. The van der Waals surface area contributed by atoms with E-state index in [1.54, 1.807) is 24.3 Å². The van der Waals surface area contributed by atoms with Gasteiger partial charge in [0.1, 0.15) is 11.9 Å². The Kier molecular flexibility index (Phi) is 5.17. The maximum atomic E-state index is 9.26. The van der Waals surface area contributed by atoms with Crippen molar-refractivity contribution >= 4 is 11.8 Å². The van der Waals surface area contributed by atoms with E-state index >= 15 is 0 Å². The van der Waals surface area contributed by atoms with E-state index in [0.29, 0.717) is 6.04 Å². The van der Waals surface area contributed by atoms with Gasteiger partial charge in [0.25, 0.3) is 0 Å². The maximum absolute atomic E-state index is 9.26. The van der Waals surface area contributed by atoms with Gasteiger partial charge in [0, 0.05) is 12.2 Å². The molecule has 4 nitrogen and oxygen atoms in total. The molecule has 1 aromatic rings. The molecule has 0 radical (unpaired) electrons. The van der Waals surface area contributed by atoms with E-state index in [2.05, 4.69) is 21.4 Å². The van der Waals surface area contributed by atoms with Crippen LogP contribution in [0.5, 0.6) is 0 Å². The van der Waals surface area contributed by atoms with Crippen molar-refractivity contribution in [2.75, 3.05) is 5.75 Å². The van der Waals surface area contributed by atoms with Gasteiger partial charge in [0.2, 0.25) is 0 Å². The predicted molar refractivity (Wildman–Crippen MR) is 76.8 cm³/mol. The van der Waals surface area contributed by atoms with Crippen LogP contribution in [0, 0.1) is 11.3 Å². The van der Waals surface area contributed by atoms with Crippen LogP contribution in [0.2, 0.25) is 0 Å². The highest BCUT2D eigenvalue weighted by atomic mass is 32.2. The smallest absolute Gasteiger partial charge is 0.116 e. The van der Waals surface area contributed by atoms with E-state index in [1.807, 2.05) is 13.0 Å². The summed E-state index contributed by atoms with van der Waals surface area (Å²) in [5.74, 6) is 1.04. The first-order valence-corrected chi connectivity index (χ1v) is 7.78. The van der Waals surface area contributed by atoms with Crippen LogP contribution < -0.4 is 5.32 Å². The molecule has 0 aliphatic heterocycles. The van der Waals surface area contributed by atoms with Gasteiger partial charge in [0.15, 0.2) is 0 Å². The Morgan fingerprint density at radius 2 is 2.37 bits per heavy atom. The van der Waals surface area contributed by atoms with Crippen LogP contribution in [0.1, 0.15) is 39.0 Å². The van der Waals surface area contributed by atoms with E-state index in [1.165, 1.54) is 12.8 Å². The number of aromatic nitrogens is 2. The van der Waals surface area contributed by atoms with Gasteiger partial charge in [-0.2, -0.15) is 5.26 Å². The third-order valence-corrected chi connectivity index (χ3v) is 4.25. The molecule has 1 unspecified atom stereocenters. The highest BCUT2D eigenvalue weighted by Gasteiger charge is 2.31. The molecular formula is C14H20N4S. The lowest BCUT2D eigenvalue weighted by Crippen LogP contribution is -2.42. The molecule has 5 heteroatoms. The van der Waals surface area contributed by atoms with Gasteiger partial charge >= 0.3 is 0 Å². The van der Waals surface area contributed by atoms with Crippen molar-refractivity contribution in [3.63, 3.8) is 0 Å². The zero-order chi connectivity index (χ0) is 13.6. The molecule has 1 N–H and O–H groups in total. The molecule has 0 aromatic carbocycles. The molecule has 1 aromatic heterocycles. The number of hydrogen-bond acceptors (Lipinski definition) is 5. The van der Waals surface area contributed by atoms with Crippen molar-refractivity contribution < 1.29 is 0 Å². The molecule has 0 bridgehead atoms. The Balaban J connectivity index is 1.61. The fourth-order valence-electron chi connectivity index (χ4n) is 1.96. The third kappa shape index (κ3) is 5.17. The number of thioether (sulfide) groups is 1. The highest BCUT2D eigenvalue weighted by molar-refractivity contribution is 7.99.